The number of carbonyl (C=O) groups is 2. The van der Waals surface area contributed by atoms with Crippen LogP contribution in [0.4, 0.5) is 4.79 Å². The van der Waals surface area contributed by atoms with Gasteiger partial charge in [0.15, 0.2) is 0 Å². The summed E-state index contributed by atoms with van der Waals surface area (Å²) in [4.78, 5) is 21.5. The summed E-state index contributed by atoms with van der Waals surface area (Å²) in [7, 11) is 0. The zero-order valence-electron chi connectivity index (χ0n) is 8.79. The summed E-state index contributed by atoms with van der Waals surface area (Å²) in [6.07, 6.45) is 5.07. The molecule has 0 unspecified atom stereocenters. The van der Waals surface area contributed by atoms with Gasteiger partial charge in [0.1, 0.15) is 0 Å². The predicted octanol–water partition coefficient (Wildman–Crippen LogP) is 1.09. The third-order valence-corrected chi connectivity index (χ3v) is 2.54. The van der Waals surface area contributed by atoms with Gasteiger partial charge >= 0.3 is 12.0 Å². The average Bonchev–Trinajstić information content (AvgIpc) is 2.64. The fraction of sp³-hybridized carbons (Fsp3) is 0.800. The van der Waals surface area contributed by atoms with Crippen molar-refractivity contribution in [2.45, 2.75) is 44.6 Å². The predicted molar refractivity (Wildman–Crippen MR) is 55.7 cm³/mol. The van der Waals surface area contributed by atoms with Gasteiger partial charge < -0.3 is 15.7 Å². The maximum Gasteiger partial charge on any atom is 0.315 e. The number of urea groups is 1. The van der Waals surface area contributed by atoms with Crippen LogP contribution in [-0.2, 0) is 4.79 Å². The van der Waals surface area contributed by atoms with Gasteiger partial charge in [-0.05, 0) is 19.3 Å². The Hall–Kier alpha value is -1.26. The van der Waals surface area contributed by atoms with E-state index in [4.69, 9.17) is 5.11 Å². The Kier molecular flexibility index (Phi) is 4.93. The van der Waals surface area contributed by atoms with E-state index in [2.05, 4.69) is 10.6 Å². The highest BCUT2D eigenvalue weighted by molar-refractivity contribution is 5.74. The van der Waals surface area contributed by atoms with Gasteiger partial charge in [-0.2, -0.15) is 0 Å². The van der Waals surface area contributed by atoms with E-state index in [-0.39, 0.29) is 12.5 Å². The molecule has 2 amide bonds. The van der Waals surface area contributed by atoms with Crippen molar-refractivity contribution in [3.8, 4) is 0 Å². The van der Waals surface area contributed by atoms with Gasteiger partial charge in [-0.3, -0.25) is 4.79 Å². The number of hydrogen-bond donors (Lipinski definition) is 3. The first-order valence-corrected chi connectivity index (χ1v) is 5.44. The van der Waals surface area contributed by atoms with Crippen molar-refractivity contribution in [1.82, 2.24) is 10.6 Å². The molecule has 1 saturated carbocycles. The lowest BCUT2D eigenvalue weighted by Gasteiger charge is -2.12. The molecule has 0 aromatic heterocycles. The first-order valence-electron chi connectivity index (χ1n) is 5.44. The first-order chi connectivity index (χ1) is 7.18. The van der Waals surface area contributed by atoms with Gasteiger partial charge in [0.25, 0.3) is 0 Å². The summed E-state index contributed by atoms with van der Waals surface area (Å²) in [5.74, 6) is -0.826. The maximum atomic E-state index is 11.3. The summed E-state index contributed by atoms with van der Waals surface area (Å²) in [6.45, 7) is 0.421. The quantitative estimate of drug-likeness (QED) is 0.599. The summed E-state index contributed by atoms with van der Waals surface area (Å²) >= 11 is 0. The zero-order chi connectivity index (χ0) is 11.1. The molecule has 0 spiro atoms. The third kappa shape index (κ3) is 5.24. The van der Waals surface area contributed by atoms with Crippen LogP contribution < -0.4 is 10.6 Å². The minimum Gasteiger partial charge on any atom is -0.481 e. The molecule has 0 bridgehead atoms. The molecule has 0 saturated heterocycles. The zero-order valence-corrected chi connectivity index (χ0v) is 8.79. The number of carbonyl (C=O) groups excluding carboxylic acids is 1. The lowest BCUT2D eigenvalue weighted by atomic mass is 10.2. The molecule has 15 heavy (non-hydrogen) atoms. The number of carboxylic acids is 1. The molecule has 86 valence electrons. The van der Waals surface area contributed by atoms with Crippen LogP contribution in [0.1, 0.15) is 38.5 Å². The molecule has 1 rings (SSSR count). The summed E-state index contributed by atoms with van der Waals surface area (Å²) in [6, 6.07) is 0.136. The van der Waals surface area contributed by atoms with Crippen LogP contribution in [-0.4, -0.2) is 29.7 Å². The van der Waals surface area contributed by atoms with Crippen LogP contribution in [0.5, 0.6) is 0 Å². The minimum atomic E-state index is -0.826. The topological polar surface area (TPSA) is 78.4 Å². The van der Waals surface area contributed by atoms with Crippen molar-refractivity contribution >= 4 is 12.0 Å². The largest absolute Gasteiger partial charge is 0.481 e. The van der Waals surface area contributed by atoms with E-state index >= 15 is 0 Å². The molecule has 0 aliphatic heterocycles. The Morgan fingerprint density at radius 2 is 1.93 bits per heavy atom. The van der Waals surface area contributed by atoms with Crippen molar-refractivity contribution in [3.63, 3.8) is 0 Å². The molecule has 0 radical (unpaired) electrons. The Balaban J connectivity index is 2.00. The van der Waals surface area contributed by atoms with Gasteiger partial charge in [0.05, 0.1) is 0 Å². The second-order valence-electron chi connectivity index (χ2n) is 3.88. The highest BCUT2D eigenvalue weighted by atomic mass is 16.4. The fourth-order valence-corrected chi connectivity index (χ4v) is 1.75. The van der Waals surface area contributed by atoms with E-state index in [9.17, 15) is 9.59 Å². The van der Waals surface area contributed by atoms with E-state index in [0.29, 0.717) is 19.0 Å². The highest BCUT2D eigenvalue weighted by Gasteiger charge is 2.16. The van der Waals surface area contributed by atoms with Crippen LogP contribution in [0.25, 0.3) is 0 Å². The van der Waals surface area contributed by atoms with E-state index in [1.54, 1.807) is 0 Å². The van der Waals surface area contributed by atoms with E-state index in [1.807, 2.05) is 0 Å². The molecule has 0 heterocycles. The second kappa shape index (κ2) is 6.27. The van der Waals surface area contributed by atoms with E-state index in [0.717, 1.165) is 12.8 Å². The van der Waals surface area contributed by atoms with Crippen LogP contribution in [0.2, 0.25) is 0 Å². The van der Waals surface area contributed by atoms with Gasteiger partial charge in [-0.25, -0.2) is 4.79 Å². The number of aliphatic carboxylic acids is 1. The standard InChI is InChI=1S/C10H18N2O3/c13-9(14)6-3-7-11-10(15)12-8-4-1-2-5-8/h8H,1-7H2,(H,13,14)(H2,11,12,15). The molecule has 5 nitrogen and oxygen atoms in total. The van der Waals surface area contributed by atoms with Gasteiger partial charge in [0.2, 0.25) is 0 Å². The van der Waals surface area contributed by atoms with E-state index in [1.165, 1.54) is 12.8 Å². The molecule has 1 aliphatic rings. The molecule has 3 N–H and O–H groups in total. The average molecular weight is 214 g/mol. The Morgan fingerprint density at radius 3 is 2.53 bits per heavy atom. The number of amides is 2. The molecule has 1 fully saturated rings. The number of rotatable bonds is 5. The van der Waals surface area contributed by atoms with Crippen LogP contribution in [0.3, 0.4) is 0 Å². The minimum absolute atomic E-state index is 0.101. The van der Waals surface area contributed by atoms with Gasteiger partial charge in [-0.15, -0.1) is 0 Å². The molecule has 5 heteroatoms. The number of nitrogens with one attached hydrogen (secondary N) is 2. The molecular weight excluding hydrogens is 196 g/mol. The fourth-order valence-electron chi connectivity index (χ4n) is 1.75. The molecular formula is C10H18N2O3. The third-order valence-electron chi connectivity index (χ3n) is 2.54. The van der Waals surface area contributed by atoms with Crippen molar-refractivity contribution in [1.29, 1.82) is 0 Å². The van der Waals surface area contributed by atoms with Crippen molar-refractivity contribution in [2.75, 3.05) is 6.54 Å². The van der Waals surface area contributed by atoms with Crippen LogP contribution >= 0.6 is 0 Å². The van der Waals surface area contributed by atoms with E-state index < -0.39 is 5.97 Å². The van der Waals surface area contributed by atoms with Crippen LogP contribution in [0, 0.1) is 0 Å². The normalized spacial score (nSPS) is 16.3. The summed E-state index contributed by atoms with van der Waals surface area (Å²) in [5.41, 5.74) is 0. The van der Waals surface area contributed by atoms with Crippen LogP contribution in [0.15, 0.2) is 0 Å². The smallest absolute Gasteiger partial charge is 0.315 e. The Bertz CT molecular complexity index is 225. The van der Waals surface area contributed by atoms with Crippen molar-refractivity contribution < 1.29 is 14.7 Å². The lowest BCUT2D eigenvalue weighted by molar-refractivity contribution is -0.137. The molecule has 1 aliphatic carbocycles. The molecule has 0 atom stereocenters. The first kappa shape index (κ1) is 11.8. The second-order valence-corrected chi connectivity index (χ2v) is 3.88. The number of carboxylic acid groups (broad SMARTS) is 1. The van der Waals surface area contributed by atoms with Gasteiger partial charge in [-0.1, -0.05) is 12.8 Å². The SMILES string of the molecule is O=C(O)CCCNC(=O)NC1CCCC1. The Labute approximate surface area is 89.2 Å². The lowest BCUT2D eigenvalue weighted by Crippen LogP contribution is -2.41. The highest BCUT2D eigenvalue weighted by Crippen LogP contribution is 2.17. The maximum absolute atomic E-state index is 11.3. The monoisotopic (exact) mass is 214 g/mol. The molecule has 0 aromatic carbocycles. The Morgan fingerprint density at radius 1 is 1.27 bits per heavy atom. The van der Waals surface area contributed by atoms with Crippen molar-refractivity contribution in [3.05, 3.63) is 0 Å². The van der Waals surface area contributed by atoms with Crippen molar-refractivity contribution in [2.24, 2.45) is 0 Å². The molecule has 0 aromatic rings. The summed E-state index contributed by atoms with van der Waals surface area (Å²) < 4.78 is 0. The van der Waals surface area contributed by atoms with Gasteiger partial charge in [0, 0.05) is 19.0 Å². The summed E-state index contributed by atoms with van der Waals surface area (Å²) in [5, 5.41) is 13.9. The number of hydrogen-bond acceptors (Lipinski definition) is 2.